The van der Waals surface area contributed by atoms with Crippen LogP contribution in [0.1, 0.15) is 19.8 Å². The van der Waals surface area contributed by atoms with Crippen LogP contribution in [0.5, 0.6) is 0 Å². The van der Waals surface area contributed by atoms with Crippen molar-refractivity contribution in [2.75, 3.05) is 52.2 Å². The van der Waals surface area contributed by atoms with E-state index in [2.05, 4.69) is 21.9 Å². The molecule has 2 aliphatic rings. The van der Waals surface area contributed by atoms with Crippen LogP contribution < -0.4 is 10.0 Å². The Labute approximate surface area is 138 Å². The summed E-state index contributed by atoms with van der Waals surface area (Å²) in [4.78, 5) is 16.3. The number of hydrogen-bond donors (Lipinski definition) is 2. The number of likely N-dealkylation sites (tertiary alicyclic amines) is 1. The maximum atomic E-state index is 12.2. The molecule has 2 N–H and O–H groups in total. The van der Waals surface area contributed by atoms with Gasteiger partial charge in [0.05, 0.1) is 19.5 Å². The van der Waals surface area contributed by atoms with Crippen molar-refractivity contribution in [1.82, 2.24) is 19.8 Å². The van der Waals surface area contributed by atoms with Crippen LogP contribution in [0.25, 0.3) is 0 Å². The SMILES string of the molecule is C[C@H](CNC(=O)N1CCC(NS(C)(=O)=O)CC1)N1CCOCC1. The third-order valence-electron chi connectivity index (χ3n) is 4.38. The van der Waals surface area contributed by atoms with Gasteiger partial charge in [-0.3, -0.25) is 4.90 Å². The maximum Gasteiger partial charge on any atom is 0.317 e. The lowest BCUT2D eigenvalue weighted by atomic mass is 10.1. The van der Waals surface area contributed by atoms with E-state index >= 15 is 0 Å². The fraction of sp³-hybridized carbons (Fsp3) is 0.929. The van der Waals surface area contributed by atoms with Crippen LogP contribution in [-0.4, -0.2) is 88.5 Å². The molecule has 0 aromatic carbocycles. The molecule has 0 radical (unpaired) electrons. The lowest BCUT2D eigenvalue weighted by molar-refractivity contribution is 0.0206. The number of hydrogen-bond acceptors (Lipinski definition) is 5. The second-order valence-electron chi connectivity index (χ2n) is 6.33. The zero-order valence-corrected chi connectivity index (χ0v) is 14.8. The molecule has 1 atom stereocenters. The molecule has 2 heterocycles. The quantitative estimate of drug-likeness (QED) is 0.694. The number of carbonyl (C=O) groups excluding carboxylic acids is 1. The summed E-state index contributed by atoms with van der Waals surface area (Å²) < 4.78 is 30.4. The highest BCUT2D eigenvalue weighted by atomic mass is 32.2. The van der Waals surface area contributed by atoms with Crippen LogP contribution in [0.3, 0.4) is 0 Å². The first-order valence-corrected chi connectivity index (χ1v) is 10.1. The minimum atomic E-state index is -3.18. The first kappa shape index (κ1) is 18.4. The summed E-state index contributed by atoms with van der Waals surface area (Å²) in [5, 5.41) is 2.98. The van der Waals surface area contributed by atoms with E-state index in [9.17, 15) is 13.2 Å². The number of carbonyl (C=O) groups is 1. The van der Waals surface area contributed by atoms with Crippen molar-refractivity contribution < 1.29 is 17.9 Å². The highest BCUT2D eigenvalue weighted by Gasteiger charge is 2.25. The molecule has 0 saturated carbocycles. The minimum Gasteiger partial charge on any atom is -0.379 e. The maximum absolute atomic E-state index is 12.2. The second-order valence-corrected chi connectivity index (χ2v) is 8.11. The van der Waals surface area contributed by atoms with E-state index < -0.39 is 10.0 Å². The Morgan fingerprint density at radius 2 is 1.83 bits per heavy atom. The van der Waals surface area contributed by atoms with Gasteiger partial charge in [-0.1, -0.05) is 0 Å². The molecular weight excluding hydrogens is 320 g/mol. The van der Waals surface area contributed by atoms with Crippen LogP contribution in [0.4, 0.5) is 4.79 Å². The van der Waals surface area contributed by atoms with Crippen molar-refractivity contribution in [3.63, 3.8) is 0 Å². The summed E-state index contributed by atoms with van der Waals surface area (Å²) in [7, 11) is -3.18. The van der Waals surface area contributed by atoms with E-state index in [1.807, 2.05) is 0 Å². The van der Waals surface area contributed by atoms with E-state index in [1.165, 1.54) is 6.26 Å². The predicted molar refractivity (Wildman–Crippen MR) is 87.8 cm³/mol. The fourth-order valence-corrected chi connectivity index (χ4v) is 3.84. The van der Waals surface area contributed by atoms with Crippen molar-refractivity contribution in [2.24, 2.45) is 0 Å². The van der Waals surface area contributed by atoms with Gasteiger partial charge in [-0.25, -0.2) is 17.9 Å². The van der Waals surface area contributed by atoms with E-state index in [0.29, 0.717) is 32.5 Å². The van der Waals surface area contributed by atoms with Crippen LogP contribution >= 0.6 is 0 Å². The first-order valence-electron chi connectivity index (χ1n) is 8.17. The van der Waals surface area contributed by atoms with Gasteiger partial charge in [0.2, 0.25) is 10.0 Å². The molecule has 9 heteroatoms. The number of piperidine rings is 1. The number of sulfonamides is 1. The Balaban J connectivity index is 1.68. The molecule has 0 aliphatic carbocycles. The van der Waals surface area contributed by atoms with E-state index in [4.69, 9.17) is 4.74 Å². The second kappa shape index (κ2) is 8.27. The Morgan fingerprint density at radius 1 is 1.22 bits per heavy atom. The zero-order chi connectivity index (χ0) is 16.9. The van der Waals surface area contributed by atoms with Crippen molar-refractivity contribution in [3.8, 4) is 0 Å². The van der Waals surface area contributed by atoms with Gasteiger partial charge in [0.15, 0.2) is 0 Å². The van der Waals surface area contributed by atoms with Gasteiger partial charge >= 0.3 is 6.03 Å². The summed E-state index contributed by atoms with van der Waals surface area (Å²) in [5.74, 6) is 0. The summed E-state index contributed by atoms with van der Waals surface area (Å²) in [6.07, 6.45) is 2.47. The number of amides is 2. The molecule has 0 spiro atoms. The third-order valence-corrected chi connectivity index (χ3v) is 5.14. The molecule has 0 aromatic rings. The highest BCUT2D eigenvalue weighted by molar-refractivity contribution is 7.88. The van der Waals surface area contributed by atoms with Gasteiger partial charge in [0, 0.05) is 44.8 Å². The number of rotatable bonds is 5. The summed E-state index contributed by atoms with van der Waals surface area (Å²) >= 11 is 0. The smallest absolute Gasteiger partial charge is 0.317 e. The summed E-state index contributed by atoms with van der Waals surface area (Å²) in [6.45, 7) is 7.17. The van der Waals surface area contributed by atoms with E-state index in [-0.39, 0.29) is 18.1 Å². The molecule has 2 rings (SSSR count). The molecule has 2 amide bonds. The van der Waals surface area contributed by atoms with E-state index in [0.717, 1.165) is 26.3 Å². The topological polar surface area (TPSA) is 91.0 Å². The van der Waals surface area contributed by atoms with Gasteiger partial charge in [-0.2, -0.15) is 0 Å². The summed E-state index contributed by atoms with van der Waals surface area (Å²) in [6, 6.07) is 0.150. The highest BCUT2D eigenvalue weighted by Crippen LogP contribution is 2.11. The third kappa shape index (κ3) is 6.25. The first-order chi connectivity index (χ1) is 10.8. The molecule has 2 aliphatic heterocycles. The van der Waals surface area contributed by atoms with Gasteiger partial charge in [0.1, 0.15) is 0 Å². The molecule has 0 unspecified atom stereocenters. The molecule has 134 valence electrons. The monoisotopic (exact) mass is 348 g/mol. The number of ether oxygens (including phenoxy) is 1. The largest absolute Gasteiger partial charge is 0.379 e. The van der Waals surface area contributed by atoms with Crippen LogP contribution in [0.15, 0.2) is 0 Å². The van der Waals surface area contributed by atoms with Crippen LogP contribution in [-0.2, 0) is 14.8 Å². The standard InChI is InChI=1S/C14H28N4O4S/c1-12(17-7-9-22-10-8-17)11-15-14(19)18-5-3-13(4-6-18)16-23(2,20)21/h12-13,16H,3-11H2,1-2H3,(H,15,19)/t12-/m1/s1. The average molecular weight is 348 g/mol. The normalized spacial score (nSPS) is 22.8. The molecule has 0 aromatic heterocycles. The van der Waals surface area contributed by atoms with Crippen molar-refractivity contribution in [2.45, 2.75) is 31.8 Å². The van der Waals surface area contributed by atoms with Crippen LogP contribution in [0, 0.1) is 0 Å². The molecule has 2 fully saturated rings. The Bertz CT molecular complexity index is 485. The van der Waals surface area contributed by atoms with Crippen LogP contribution in [0.2, 0.25) is 0 Å². The van der Waals surface area contributed by atoms with Gasteiger partial charge in [-0.15, -0.1) is 0 Å². The molecule has 23 heavy (non-hydrogen) atoms. The minimum absolute atomic E-state index is 0.0667. The number of morpholine rings is 1. The Hall–Kier alpha value is -0.900. The Morgan fingerprint density at radius 3 is 2.39 bits per heavy atom. The van der Waals surface area contributed by atoms with E-state index in [1.54, 1.807) is 4.90 Å². The molecular formula is C14H28N4O4S. The summed E-state index contributed by atoms with van der Waals surface area (Å²) in [5.41, 5.74) is 0. The lowest BCUT2D eigenvalue weighted by Gasteiger charge is -2.34. The number of nitrogens with zero attached hydrogens (tertiary/aromatic N) is 2. The zero-order valence-electron chi connectivity index (χ0n) is 14.0. The van der Waals surface area contributed by atoms with Gasteiger partial charge in [0.25, 0.3) is 0 Å². The van der Waals surface area contributed by atoms with Crippen molar-refractivity contribution in [1.29, 1.82) is 0 Å². The molecule has 8 nitrogen and oxygen atoms in total. The predicted octanol–water partition coefficient (Wildman–Crippen LogP) is -0.570. The van der Waals surface area contributed by atoms with Crippen molar-refractivity contribution in [3.05, 3.63) is 0 Å². The lowest BCUT2D eigenvalue weighted by Crippen LogP contribution is -2.52. The molecule has 0 bridgehead atoms. The fourth-order valence-electron chi connectivity index (χ4n) is 3.00. The Kier molecular flexibility index (Phi) is 6.63. The number of urea groups is 1. The van der Waals surface area contributed by atoms with Gasteiger partial charge < -0.3 is 15.0 Å². The van der Waals surface area contributed by atoms with Gasteiger partial charge in [-0.05, 0) is 19.8 Å². The van der Waals surface area contributed by atoms with Crippen molar-refractivity contribution >= 4 is 16.1 Å². The average Bonchev–Trinajstić information content (AvgIpc) is 2.52. The molecule has 2 saturated heterocycles. The number of nitrogens with one attached hydrogen (secondary N) is 2.